The summed E-state index contributed by atoms with van der Waals surface area (Å²) in [5.74, 6) is 0.995. The van der Waals surface area contributed by atoms with Crippen molar-refractivity contribution >= 4 is 23.7 Å². The van der Waals surface area contributed by atoms with Crippen LogP contribution >= 0.6 is 11.6 Å². The van der Waals surface area contributed by atoms with Gasteiger partial charge in [-0.05, 0) is 48.9 Å². The number of hydrazone groups is 1. The molecule has 1 amide bonds. The molecule has 0 saturated heterocycles. The molecule has 23 heavy (non-hydrogen) atoms. The SMILES string of the molecule is CCOc1ccc(OCC(=O)N/N=C/c2cccc(Cl)c2)cc1. The topological polar surface area (TPSA) is 59.9 Å². The number of halogens is 1. The number of rotatable bonds is 7. The Balaban J connectivity index is 1.76. The van der Waals surface area contributed by atoms with E-state index in [9.17, 15) is 4.79 Å². The van der Waals surface area contributed by atoms with Crippen LogP contribution in [0.4, 0.5) is 0 Å². The van der Waals surface area contributed by atoms with Crippen LogP contribution in [0.3, 0.4) is 0 Å². The highest BCUT2D eigenvalue weighted by molar-refractivity contribution is 6.30. The summed E-state index contributed by atoms with van der Waals surface area (Å²) in [6, 6.07) is 14.2. The molecule has 6 heteroatoms. The fourth-order valence-corrected chi connectivity index (χ4v) is 1.94. The Morgan fingerprint density at radius 3 is 2.52 bits per heavy atom. The minimum atomic E-state index is -0.350. The third-order valence-electron chi connectivity index (χ3n) is 2.76. The van der Waals surface area contributed by atoms with E-state index in [-0.39, 0.29) is 12.5 Å². The zero-order valence-corrected chi connectivity index (χ0v) is 13.4. The summed E-state index contributed by atoms with van der Waals surface area (Å²) < 4.78 is 10.7. The Labute approximate surface area is 139 Å². The van der Waals surface area contributed by atoms with E-state index < -0.39 is 0 Å². The van der Waals surface area contributed by atoms with Gasteiger partial charge in [-0.15, -0.1) is 0 Å². The Bertz CT molecular complexity index is 672. The standard InChI is InChI=1S/C17H17ClN2O3/c1-2-22-15-6-8-16(9-7-15)23-12-17(21)20-19-11-13-4-3-5-14(18)10-13/h3-11H,2,12H2,1H3,(H,20,21)/b19-11+. The molecule has 1 N–H and O–H groups in total. The Kier molecular flexibility index (Phi) is 6.44. The van der Waals surface area contributed by atoms with Gasteiger partial charge in [-0.2, -0.15) is 5.10 Å². The zero-order chi connectivity index (χ0) is 16.5. The number of hydrogen-bond donors (Lipinski definition) is 1. The third-order valence-corrected chi connectivity index (χ3v) is 2.99. The molecule has 2 rings (SSSR count). The van der Waals surface area contributed by atoms with E-state index in [1.165, 1.54) is 6.21 Å². The highest BCUT2D eigenvalue weighted by atomic mass is 35.5. The normalized spacial score (nSPS) is 10.5. The van der Waals surface area contributed by atoms with E-state index in [1.54, 1.807) is 42.5 Å². The first-order valence-corrected chi connectivity index (χ1v) is 7.48. The molecule has 0 aliphatic rings. The van der Waals surface area contributed by atoms with Gasteiger partial charge in [-0.25, -0.2) is 5.43 Å². The van der Waals surface area contributed by atoms with E-state index in [1.807, 2.05) is 13.0 Å². The number of benzene rings is 2. The van der Waals surface area contributed by atoms with Gasteiger partial charge in [0.05, 0.1) is 12.8 Å². The maximum Gasteiger partial charge on any atom is 0.277 e. The zero-order valence-electron chi connectivity index (χ0n) is 12.7. The molecular formula is C17H17ClN2O3. The number of carbonyl (C=O) groups is 1. The second-order valence-corrected chi connectivity index (χ2v) is 4.98. The highest BCUT2D eigenvalue weighted by Crippen LogP contribution is 2.17. The molecule has 120 valence electrons. The van der Waals surface area contributed by atoms with Gasteiger partial charge < -0.3 is 9.47 Å². The third kappa shape index (κ3) is 6.00. The molecule has 2 aromatic rings. The van der Waals surface area contributed by atoms with E-state index in [2.05, 4.69) is 10.5 Å². The maximum atomic E-state index is 11.6. The predicted molar refractivity (Wildman–Crippen MR) is 90.3 cm³/mol. The van der Waals surface area contributed by atoms with Gasteiger partial charge in [-0.1, -0.05) is 23.7 Å². The van der Waals surface area contributed by atoms with Gasteiger partial charge in [0.25, 0.3) is 5.91 Å². The van der Waals surface area contributed by atoms with Crippen molar-refractivity contribution in [1.82, 2.24) is 5.43 Å². The monoisotopic (exact) mass is 332 g/mol. The fourth-order valence-electron chi connectivity index (χ4n) is 1.75. The molecule has 0 fully saturated rings. The summed E-state index contributed by atoms with van der Waals surface area (Å²) in [6.07, 6.45) is 1.51. The molecule has 0 aliphatic carbocycles. The summed E-state index contributed by atoms with van der Waals surface area (Å²) in [7, 11) is 0. The van der Waals surface area contributed by atoms with Crippen LogP contribution in [0.5, 0.6) is 11.5 Å². The van der Waals surface area contributed by atoms with E-state index in [4.69, 9.17) is 21.1 Å². The number of nitrogens with zero attached hydrogens (tertiary/aromatic N) is 1. The van der Waals surface area contributed by atoms with Gasteiger partial charge in [0.15, 0.2) is 6.61 Å². The molecule has 0 saturated carbocycles. The van der Waals surface area contributed by atoms with E-state index >= 15 is 0 Å². The van der Waals surface area contributed by atoms with Gasteiger partial charge in [-0.3, -0.25) is 4.79 Å². The fraction of sp³-hybridized carbons (Fsp3) is 0.176. The molecule has 0 radical (unpaired) electrons. The van der Waals surface area contributed by atoms with Crippen molar-refractivity contribution in [3.05, 3.63) is 59.1 Å². The number of carbonyl (C=O) groups excluding carboxylic acids is 1. The largest absolute Gasteiger partial charge is 0.494 e. The lowest BCUT2D eigenvalue weighted by Gasteiger charge is -2.06. The van der Waals surface area contributed by atoms with Crippen molar-refractivity contribution in [2.45, 2.75) is 6.92 Å². The molecule has 0 atom stereocenters. The molecule has 0 spiro atoms. The van der Waals surface area contributed by atoms with Crippen LogP contribution in [0.15, 0.2) is 53.6 Å². The minimum absolute atomic E-state index is 0.124. The van der Waals surface area contributed by atoms with Crippen molar-refractivity contribution in [2.75, 3.05) is 13.2 Å². The van der Waals surface area contributed by atoms with Crippen molar-refractivity contribution in [1.29, 1.82) is 0 Å². The Morgan fingerprint density at radius 1 is 1.17 bits per heavy atom. The molecule has 5 nitrogen and oxygen atoms in total. The van der Waals surface area contributed by atoms with Crippen molar-refractivity contribution in [3.8, 4) is 11.5 Å². The number of amides is 1. The highest BCUT2D eigenvalue weighted by Gasteiger charge is 2.02. The average molecular weight is 333 g/mol. The average Bonchev–Trinajstić information content (AvgIpc) is 2.55. The molecule has 0 heterocycles. The second-order valence-electron chi connectivity index (χ2n) is 4.54. The van der Waals surface area contributed by atoms with Gasteiger partial charge >= 0.3 is 0 Å². The molecule has 0 bridgehead atoms. The lowest BCUT2D eigenvalue weighted by molar-refractivity contribution is -0.123. The number of hydrogen-bond acceptors (Lipinski definition) is 4. The van der Waals surface area contributed by atoms with Crippen LogP contribution < -0.4 is 14.9 Å². The molecule has 0 aromatic heterocycles. The second kappa shape index (κ2) is 8.80. The van der Waals surface area contributed by atoms with Gasteiger partial charge in [0.2, 0.25) is 0 Å². The lowest BCUT2D eigenvalue weighted by Crippen LogP contribution is -2.24. The van der Waals surface area contributed by atoms with E-state index in [0.717, 1.165) is 11.3 Å². The Morgan fingerprint density at radius 2 is 1.87 bits per heavy atom. The maximum absolute atomic E-state index is 11.6. The number of ether oxygens (including phenoxy) is 2. The van der Waals surface area contributed by atoms with Crippen molar-refractivity contribution in [2.24, 2.45) is 5.10 Å². The smallest absolute Gasteiger partial charge is 0.277 e. The van der Waals surface area contributed by atoms with E-state index in [0.29, 0.717) is 17.4 Å². The summed E-state index contributed by atoms with van der Waals surface area (Å²) in [6.45, 7) is 2.40. The predicted octanol–water partition coefficient (Wildman–Crippen LogP) is 3.27. The molecule has 0 unspecified atom stereocenters. The van der Waals surface area contributed by atoms with Crippen LogP contribution in [0.25, 0.3) is 0 Å². The molecule has 0 aliphatic heterocycles. The van der Waals surface area contributed by atoms with Crippen LogP contribution in [-0.4, -0.2) is 25.3 Å². The first kappa shape index (κ1) is 16.8. The minimum Gasteiger partial charge on any atom is -0.494 e. The number of nitrogens with one attached hydrogen (secondary N) is 1. The van der Waals surface area contributed by atoms with Crippen LogP contribution in [0.1, 0.15) is 12.5 Å². The van der Waals surface area contributed by atoms with Crippen LogP contribution in [0, 0.1) is 0 Å². The quantitative estimate of drug-likeness (QED) is 0.625. The van der Waals surface area contributed by atoms with Crippen LogP contribution in [-0.2, 0) is 4.79 Å². The lowest BCUT2D eigenvalue weighted by atomic mass is 10.2. The summed E-state index contributed by atoms with van der Waals surface area (Å²) >= 11 is 5.86. The molecule has 2 aromatic carbocycles. The Hall–Kier alpha value is -2.53. The van der Waals surface area contributed by atoms with Gasteiger partial charge in [0.1, 0.15) is 11.5 Å². The first-order chi connectivity index (χ1) is 11.2. The first-order valence-electron chi connectivity index (χ1n) is 7.10. The van der Waals surface area contributed by atoms with Crippen molar-refractivity contribution in [3.63, 3.8) is 0 Å². The summed E-state index contributed by atoms with van der Waals surface area (Å²) in [4.78, 5) is 11.6. The summed E-state index contributed by atoms with van der Waals surface area (Å²) in [5, 5.41) is 4.46. The van der Waals surface area contributed by atoms with Crippen molar-refractivity contribution < 1.29 is 14.3 Å². The summed E-state index contributed by atoms with van der Waals surface area (Å²) in [5.41, 5.74) is 3.19. The van der Waals surface area contributed by atoms with Gasteiger partial charge in [0, 0.05) is 5.02 Å². The van der Waals surface area contributed by atoms with Crippen LogP contribution in [0.2, 0.25) is 5.02 Å². The molecular weight excluding hydrogens is 316 g/mol.